The second kappa shape index (κ2) is 4.08. The summed E-state index contributed by atoms with van der Waals surface area (Å²) in [6.45, 7) is 1.64. The van der Waals surface area contributed by atoms with Crippen molar-refractivity contribution in [3.63, 3.8) is 0 Å². The molecule has 0 aromatic carbocycles. The molecule has 16 heavy (non-hydrogen) atoms. The summed E-state index contributed by atoms with van der Waals surface area (Å²) in [5.41, 5.74) is -0.440. The molecule has 0 saturated heterocycles. The summed E-state index contributed by atoms with van der Waals surface area (Å²) in [6, 6.07) is 1.41. The van der Waals surface area contributed by atoms with E-state index >= 15 is 0 Å². The Balaban J connectivity index is 2.69. The fourth-order valence-electron chi connectivity index (χ4n) is 1.16. The molecular weight excluding hydrogens is 274 g/mol. The Labute approximate surface area is 105 Å². The Kier molecular flexibility index (Phi) is 2.92. The van der Waals surface area contributed by atoms with Gasteiger partial charge >= 0.3 is 5.69 Å². The molecule has 5 nitrogen and oxygen atoms in total. The van der Waals surface area contributed by atoms with Crippen molar-refractivity contribution in [1.82, 2.24) is 19.7 Å². The number of rotatable bonds is 1. The van der Waals surface area contributed by atoms with Gasteiger partial charge in [0, 0.05) is 0 Å². The number of hydrogen-bond donors (Lipinski definition) is 1. The molecule has 0 aliphatic heterocycles. The van der Waals surface area contributed by atoms with E-state index < -0.39 is 5.69 Å². The highest BCUT2D eigenvalue weighted by Crippen LogP contribution is 2.26. The molecule has 0 atom stereocenters. The van der Waals surface area contributed by atoms with Gasteiger partial charge in [0.2, 0.25) is 0 Å². The topological polar surface area (TPSA) is 63.6 Å². The molecule has 1 N–H and O–H groups in total. The predicted octanol–water partition coefficient (Wildman–Crippen LogP) is 2.22. The molecule has 0 aliphatic rings. The van der Waals surface area contributed by atoms with Crippen molar-refractivity contribution in [2.24, 2.45) is 0 Å². The lowest BCUT2D eigenvalue weighted by atomic mass is 10.4. The van der Waals surface area contributed by atoms with Crippen molar-refractivity contribution in [3.8, 4) is 5.82 Å². The molecule has 0 bridgehead atoms. The minimum absolute atomic E-state index is 0.0635. The van der Waals surface area contributed by atoms with Gasteiger partial charge in [0.1, 0.15) is 11.0 Å². The van der Waals surface area contributed by atoms with Gasteiger partial charge in [-0.15, -0.1) is 5.10 Å². The lowest BCUT2D eigenvalue weighted by Gasteiger charge is -2.03. The van der Waals surface area contributed by atoms with Crippen LogP contribution in [0.4, 0.5) is 0 Å². The lowest BCUT2D eigenvalue weighted by Crippen LogP contribution is -2.17. The number of hydrogen-bond acceptors (Lipinski definition) is 3. The first kappa shape index (κ1) is 11.4. The van der Waals surface area contributed by atoms with Gasteiger partial charge in [-0.2, -0.15) is 4.68 Å². The standard InChI is InChI=1S/C8H5Cl3N4O/c1-3-12-8(16)15(14-3)7-5(10)2-4(9)6(11)13-7/h2H,1H3,(H,12,14,16). The number of nitrogens with zero attached hydrogens (tertiary/aromatic N) is 3. The maximum absolute atomic E-state index is 11.5. The predicted molar refractivity (Wildman–Crippen MR) is 61.7 cm³/mol. The van der Waals surface area contributed by atoms with Crippen LogP contribution in [0.1, 0.15) is 5.82 Å². The van der Waals surface area contributed by atoms with E-state index in [-0.39, 0.29) is 21.0 Å². The second-order valence-corrected chi connectivity index (χ2v) is 4.17. The van der Waals surface area contributed by atoms with E-state index in [0.717, 1.165) is 4.68 Å². The Morgan fingerprint density at radius 2 is 2.00 bits per heavy atom. The highest BCUT2D eigenvalue weighted by molar-refractivity contribution is 6.42. The van der Waals surface area contributed by atoms with Gasteiger partial charge in [-0.3, -0.25) is 4.98 Å². The number of nitrogens with one attached hydrogen (secondary N) is 1. The molecule has 2 aromatic rings. The second-order valence-electron chi connectivity index (χ2n) is 2.99. The Morgan fingerprint density at radius 3 is 2.56 bits per heavy atom. The van der Waals surface area contributed by atoms with Gasteiger partial charge in [0.25, 0.3) is 0 Å². The van der Waals surface area contributed by atoms with E-state index in [9.17, 15) is 4.79 Å². The summed E-state index contributed by atoms with van der Waals surface area (Å²) in [5.74, 6) is 0.597. The average molecular weight is 280 g/mol. The van der Waals surface area contributed by atoms with Crippen LogP contribution in [-0.2, 0) is 0 Å². The first-order valence-electron chi connectivity index (χ1n) is 4.17. The zero-order valence-electron chi connectivity index (χ0n) is 7.96. The number of aromatic nitrogens is 4. The Hall–Kier alpha value is -1.04. The third-order valence-corrected chi connectivity index (χ3v) is 2.75. The van der Waals surface area contributed by atoms with Crippen LogP contribution in [0.5, 0.6) is 0 Å². The maximum Gasteiger partial charge on any atom is 0.349 e. The van der Waals surface area contributed by atoms with Crippen LogP contribution in [-0.4, -0.2) is 19.7 Å². The van der Waals surface area contributed by atoms with E-state index in [1.165, 1.54) is 6.07 Å². The quantitative estimate of drug-likeness (QED) is 0.814. The monoisotopic (exact) mass is 278 g/mol. The smallest absolute Gasteiger partial charge is 0.293 e. The van der Waals surface area contributed by atoms with Gasteiger partial charge in [0.15, 0.2) is 5.82 Å². The average Bonchev–Trinajstić information content (AvgIpc) is 2.51. The molecule has 0 unspecified atom stereocenters. The lowest BCUT2D eigenvalue weighted by molar-refractivity contribution is 0.805. The molecular formula is C8H5Cl3N4O. The van der Waals surface area contributed by atoms with E-state index in [2.05, 4.69) is 15.1 Å². The third kappa shape index (κ3) is 1.93. The normalized spacial score (nSPS) is 10.8. The van der Waals surface area contributed by atoms with Crippen molar-refractivity contribution >= 4 is 34.8 Å². The van der Waals surface area contributed by atoms with Gasteiger partial charge in [-0.05, 0) is 13.0 Å². The van der Waals surface area contributed by atoms with Crippen LogP contribution in [0.15, 0.2) is 10.9 Å². The first-order valence-corrected chi connectivity index (χ1v) is 5.30. The van der Waals surface area contributed by atoms with Crippen molar-refractivity contribution in [3.05, 3.63) is 37.6 Å². The Morgan fingerprint density at radius 1 is 1.31 bits per heavy atom. The van der Waals surface area contributed by atoms with Gasteiger partial charge in [-0.25, -0.2) is 9.78 Å². The van der Waals surface area contributed by atoms with Crippen molar-refractivity contribution in [1.29, 1.82) is 0 Å². The molecule has 0 radical (unpaired) electrons. The highest BCUT2D eigenvalue weighted by atomic mass is 35.5. The summed E-state index contributed by atoms with van der Waals surface area (Å²) in [7, 11) is 0. The molecule has 8 heteroatoms. The molecule has 0 aliphatic carbocycles. The minimum atomic E-state index is -0.440. The molecule has 2 aromatic heterocycles. The number of aryl methyl sites for hydroxylation is 1. The molecule has 2 heterocycles. The highest BCUT2D eigenvalue weighted by Gasteiger charge is 2.13. The summed E-state index contributed by atoms with van der Waals surface area (Å²) >= 11 is 17.4. The third-order valence-electron chi connectivity index (χ3n) is 1.80. The number of H-pyrrole nitrogens is 1. The van der Waals surface area contributed by atoms with Gasteiger partial charge in [0.05, 0.1) is 10.0 Å². The molecule has 0 saturated carbocycles. The van der Waals surface area contributed by atoms with E-state index in [0.29, 0.717) is 5.82 Å². The van der Waals surface area contributed by atoms with Crippen LogP contribution < -0.4 is 5.69 Å². The maximum atomic E-state index is 11.5. The summed E-state index contributed by atoms with van der Waals surface area (Å²) in [6.07, 6.45) is 0. The fourth-order valence-corrected chi connectivity index (χ4v) is 1.73. The van der Waals surface area contributed by atoms with E-state index in [4.69, 9.17) is 34.8 Å². The van der Waals surface area contributed by atoms with Crippen molar-refractivity contribution in [2.75, 3.05) is 0 Å². The van der Waals surface area contributed by atoms with Crippen LogP contribution in [0.2, 0.25) is 15.2 Å². The number of pyridine rings is 1. The van der Waals surface area contributed by atoms with E-state index in [1.54, 1.807) is 6.92 Å². The van der Waals surface area contributed by atoms with Gasteiger partial charge in [-0.1, -0.05) is 34.8 Å². The minimum Gasteiger partial charge on any atom is -0.293 e. The molecule has 0 spiro atoms. The summed E-state index contributed by atoms with van der Waals surface area (Å²) < 4.78 is 1.03. The first-order chi connectivity index (χ1) is 7.49. The molecule has 0 fully saturated rings. The van der Waals surface area contributed by atoms with Crippen LogP contribution >= 0.6 is 34.8 Å². The van der Waals surface area contributed by atoms with Crippen molar-refractivity contribution < 1.29 is 0 Å². The molecule has 2 rings (SSSR count). The SMILES string of the molecule is Cc1nn(-c2nc(Cl)c(Cl)cc2Cl)c(=O)[nH]1. The summed E-state index contributed by atoms with van der Waals surface area (Å²) in [4.78, 5) is 17.8. The fraction of sp³-hybridized carbons (Fsp3) is 0.125. The Bertz CT molecular complexity index is 604. The largest absolute Gasteiger partial charge is 0.349 e. The number of halogens is 3. The molecule has 84 valence electrons. The number of aromatic amines is 1. The van der Waals surface area contributed by atoms with Crippen LogP contribution in [0.3, 0.4) is 0 Å². The zero-order chi connectivity index (χ0) is 11.9. The molecule has 0 amide bonds. The van der Waals surface area contributed by atoms with Crippen LogP contribution in [0.25, 0.3) is 5.82 Å². The summed E-state index contributed by atoms with van der Waals surface area (Å²) in [5, 5.41) is 4.39. The van der Waals surface area contributed by atoms with Crippen LogP contribution in [0, 0.1) is 6.92 Å². The zero-order valence-corrected chi connectivity index (χ0v) is 10.2. The van der Waals surface area contributed by atoms with Crippen molar-refractivity contribution in [2.45, 2.75) is 6.92 Å². The van der Waals surface area contributed by atoms with Gasteiger partial charge < -0.3 is 0 Å². The van der Waals surface area contributed by atoms with E-state index in [1.807, 2.05) is 0 Å².